The van der Waals surface area contributed by atoms with E-state index in [1.54, 1.807) is 12.1 Å². The number of nitrogens with one attached hydrogen (secondary N) is 1. The van der Waals surface area contributed by atoms with E-state index in [2.05, 4.69) is 17.1 Å². The molecule has 1 aliphatic heterocycles. The summed E-state index contributed by atoms with van der Waals surface area (Å²) in [7, 11) is 0. The molecule has 1 aromatic carbocycles. The summed E-state index contributed by atoms with van der Waals surface area (Å²) in [4.78, 5) is 2.57. The molecule has 1 N–H and O–H groups in total. The van der Waals surface area contributed by atoms with Crippen LogP contribution in [0.3, 0.4) is 0 Å². The normalized spacial score (nSPS) is 28.3. The fourth-order valence-corrected chi connectivity index (χ4v) is 3.49. The number of benzene rings is 1. The molecule has 3 heteroatoms. The smallest absolute Gasteiger partial charge is 0.126 e. The Morgan fingerprint density at radius 3 is 2.65 bits per heavy atom. The van der Waals surface area contributed by atoms with E-state index in [-0.39, 0.29) is 5.82 Å². The number of halogens is 1. The van der Waals surface area contributed by atoms with Gasteiger partial charge in [-0.05, 0) is 63.2 Å². The van der Waals surface area contributed by atoms with Gasteiger partial charge in [-0.2, -0.15) is 0 Å². The predicted molar refractivity (Wildman–Crippen MR) is 80.4 cm³/mol. The predicted octanol–water partition coefficient (Wildman–Crippen LogP) is 3.15. The van der Waals surface area contributed by atoms with E-state index in [0.29, 0.717) is 18.0 Å². The van der Waals surface area contributed by atoms with Crippen LogP contribution < -0.4 is 5.32 Å². The van der Waals surface area contributed by atoms with E-state index >= 15 is 0 Å². The topological polar surface area (TPSA) is 15.3 Å². The highest BCUT2D eigenvalue weighted by molar-refractivity contribution is 5.24. The molecule has 1 heterocycles. The van der Waals surface area contributed by atoms with Crippen LogP contribution in [0.5, 0.6) is 0 Å². The number of hydrogen-bond donors (Lipinski definition) is 1. The van der Waals surface area contributed by atoms with Crippen LogP contribution in [0, 0.1) is 5.82 Å². The molecule has 0 amide bonds. The standard InChI is InChI=1S/C17H25FN2/c1-13(20-8-4-5-9-20)12-19-15-10-14(11-15)16-6-2-3-7-17(16)18/h2-3,6-7,13-15,19H,4-5,8-12H2,1H3. The molecule has 20 heavy (non-hydrogen) atoms. The van der Waals surface area contributed by atoms with E-state index in [9.17, 15) is 4.39 Å². The number of rotatable bonds is 5. The number of hydrogen-bond acceptors (Lipinski definition) is 2. The van der Waals surface area contributed by atoms with Gasteiger partial charge in [0.15, 0.2) is 0 Å². The van der Waals surface area contributed by atoms with Gasteiger partial charge in [-0.1, -0.05) is 18.2 Å². The summed E-state index contributed by atoms with van der Waals surface area (Å²) in [5.74, 6) is 0.372. The molecule has 110 valence electrons. The van der Waals surface area contributed by atoms with Gasteiger partial charge in [0, 0.05) is 18.6 Å². The lowest BCUT2D eigenvalue weighted by molar-refractivity contribution is 0.218. The van der Waals surface area contributed by atoms with Crippen molar-refractivity contribution in [1.29, 1.82) is 0 Å². The zero-order chi connectivity index (χ0) is 13.9. The molecule has 1 aromatic rings. The first kappa shape index (κ1) is 14.0. The van der Waals surface area contributed by atoms with E-state index in [1.807, 2.05) is 12.1 Å². The maximum Gasteiger partial charge on any atom is 0.126 e. The quantitative estimate of drug-likeness (QED) is 0.889. The minimum atomic E-state index is -0.0404. The molecule has 1 unspecified atom stereocenters. The van der Waals surface area contributed by atoms with Crippen LogP contribution in [0.4, 0.5) is 4.39 Å². The Kier molecular flexibility index (Phi) is 4.37. The van der Waals surface area contributed by atoms with Gasteiger partial charge >= 0.3 is 0 Å². The van der Waals surface area contributed by atoms with Crippen LogP contribution in [0.15, 0.2) is 24.3 Å². The summed E-state index contributed by atoms with van der Waals surface area (Å²) in [5.41, 5.74) is 0.901. The summed E-state index contributed by atoms with van der Waals surface area (Å²) in [5, 5.41) is 3.65. The molecule has 0 radical (unpaired) electrons. The highest BCUT2D eigenvalue weighted by Gasteiger charge is 2.32. The van der Waals surface area contributed by atoms with Gasteiger partial charge in [-0.15, -0.1) is 0 Å². The monoisotopic (exact) mass is 276 g/mol. The largest absolute Gasteiger partial charge is 0.312 e. The third kappa shape index (κ3) is 3.04. The molecule has 2 aliphatic rings. The average Bonchev–Trinajstić information content (AvgIpc) is 2.92. The second kappa shape index (κ2) is 6.23. The van der Waals surface area contributed by atoms with Crippen LogP contribution in [-0.4, -0.2) is 36.6 Å². The van der Waals surface area contributed by atoms with Gasteiger partial charge in [0.05, 0.1) is 0 Å². The van der Waals surface area contributed by atoms with Gasteiger partial charge in [-0.3, -0.25) is 4.90 Å². The van der Waals surface area contributed by atoms with Crippen LogP contribution in [0.1, 0.15) is 44.1 Å². The average molecular weight is 276 g/mol. The molecule has 3 rings (SSSR count). The molecule has 2 fully saturated rings. The molecule has 1 aliphatic carbocycles. The van der Waals surface area contributed by atoms with Crippen molar-refractivity contribution in [2.24, 2.45) is 0 Å². The minimum absolute atomic E-state index is 0.0404. The lowest BCUT2D eigenvalue weighted by atomic mass is 9.75. The summed E-state index contributed by atoms with van der Waals surface area (Å²) in [6.45, 7) is 5.89. The van der Waals surface area contributed by atoms with Crippen LogP contribution >= 0.6 is 0 Å². The SMILES string of the molecule is CC(CNC1CC(c2ccccc2F)C1)N1CCCC1. The van der Waals surface area contributed by atoms with Gasteiger partial charge < -0.3 is 5.32 Å². The Hall–Kier alpha value is -0.930. The zero-order valence-electron chi connectivity index (χ0n) is 12.3. The third-order valence-electron chi connectivity index (χ3n) is 4.95. The van der Waals surface area contributed by atoms with Gasteiger partial charge in [0.1, 0.15) is 5.82 Å². The van der Waals surface area contributed by atoms with Crippen LogP contribution in [0.25, 0.3) is 0 Å². The second-order valence-corrected chi connectivity index (χ2v) is 6.39. The molecular weight excluding hydrogens is 251 g/mol. The fourth-order valence-electron chi connectivity index (χ4n) is 3.49. The Morgan fingerprint density at radius 2 is 1.95 bits per heavy atom. The van der Waals surface area contributed by atoms with E-state index in [1.165, 1.54) is 25.9 Å². The van der Waals surface area contributed by atoms with Crippen molar-refractivity contribution in [3.8, 4) is 0 Å². The first-order valence-electron chi connectivity index (χ1n) is 7.96. The number of likely N-dealkylation sites (tertiary alicyclic amines) is 1. The molecule has 0 aromatic heterocycles. The summed E-state index contributed by atoms with van der Waals surface area (Å²) in [6, 6.07) is 8.42. The summed E-state index contributed by atoms with van der Waals surface area (Å²) < 4.78 is 13.7. The zero-order valence-corrected chi connectivity index (χ0v) is 12.3. The molecule has 0 bridgehead atoms. The molecule has 1 atom stereocenters. The van der Waals surface area contributed by atoms with Crippen molar-refractivity contribution in [2.75, 3.05) is 19.6 Å². The van der Waals surface area contributed by atoms with Crippen molar-refractivity contribution in [1.82, 2.24) is 10.2 Å². The molecule has 2 nitrogen and oxygen atoms in total. The van der Waals surface area contributed by atoms with Crippen LogP contribution in [0.2, 0.25) is 0 Å². The van der Waals surface area contributed by atoms with Crippen molar-refractivity contribution in [3.63, 3.8) is 0 Å². The lowest BCUT2D eigenvalue weighted by Crippen LogP contribution is -2.46. The van der Waals surface area contributed by atoms with Crippen molar-refractivity contribution in [2.45, 2.75) is 50.6 Å². The van der Waals surface area contributed by atoms with Crippen LogP contribution in [-0.2, 0) is 0 Å². The molecule has 1 saturated carbocycles. The summed E-state index contributed by atoms with van der Waals surface area (Å²) >= 11 is 0. The van der Waals surface area contributed by atoms with Gasteiger partial charge in [-0.25, -0.2) is 4.39 Å². The van der Waals surface area contributed by atoms with Crippen molar-refractivity contribution in [3.05, 3.63) is 35.6 Å². The highest BCUT2D eigenvalue weighted by atomic mass is 19.1. The second-order valence-electron chi connectivity index (χ2n) is 6.39. The minimum Gasteiger partial charge on any atom is -0.312 e. The first-order valence-corrected chi connectivity index (χ1v) is 7.96. The Labute approximate surface area is 121 Å². The third-order valence-corrected chi connectivity index (χ3v) is 4.95. The number of nitrogens with zero attached hydrogens (tertiary/aromatic N) is 1. The Bertz CT molecular complexity index is 436. The maximum absolute atomic E-state index is 13.7. The lowest BCUT2D eigenvalue weighted by Gasteiger charge is -2.38. The van der Waals surface area contributed by atoms with E-state index in [0.717, 1.165) is 24.9 Å². The van der Waals surface area contributed by atoms with Gasteiger partial charge in [0.25, 0.3) is 0 Å². The Morgan fingerprint density at radius 1 is 1.25 bits per heavy atom. The van der Waals surface area contributed by atoms with Crippen molar-refractivity contribution >= 4 is 0 Å². The first-order chi connectivity index (χ1) is 9.74. The highest BCUT2D eigenvalue weighted by Crippen LogP contribution is 2.37. The maximum atomic E-state index is 13.7. The molecule has 1 saturated heterocycles. The molecular formula is C17H25FN2. The fraction of sp³-hybridized carbons (Fsp3) is 0.647. The Balaban J connectivity index is 1.41. The van der Waals surface area contributed by atoms with Crippen molar-refractivity contribution < 1.29 is 4.39 Å². The van der Waals surface area contributed by atoms with Gasteiger partial charge in [0.2, 0.25) is 0 Å². The van der Waals surface area contributed by atoms with E-state index < -0.39 is 0 Å². The van der Waals surface area contributed by atoms with E-state index in [4.69, 9.17) is 0 Å². The molecule has 0 spiro atoms. The summed E-state index contributed by atoms with van der Waals surface area (Å²) in [6.07, 6.45) is 4.85.